The van der Waals surface area contributed by atoms with E-state index in [-0.39, 0.29) is 36.9 Å². The van der Waals surface area contributed by atoms with Crippen molar-refractivity contribution >= 4 is 10.9 Å². The van der Waals surface area contributed by atoms with Gasteiger partial charge < -0.3 is 5.11 Å². The van der Waals surface area contributed by atoms with E-state index >= 15 is 0 Å². The molecule has 3 heteroatoms. The van der Waals surface area contributed by atoms with E-state index in [0.29, 0.717) is 5.52 Å². The summed E-state index contributed by atoms with van der Waals surface area (Å²) in [6, 6.07) is 9.13. The molecule has 2 nitrogen and oxygen atoms in total. The summed E-state index contributed by atoms with van der Waals surface area (Å²) >= 11 is 0. The molecule has 0 atom stereocenters. The fraction of sp³-hybridized carbons (Fsp3) is 0. The van der Waals surface area contributed by atoms with E-state index in [1.54, 1.807) is 18.3 Å². The van der Waals surface area contributed by atoms with Gasteiger partial charge in [-0.25, -0.2) is 0 Å². The van der Waals surface area contributed by atoms with Crippen LogP contribution >= 0.6 is 0 Å². The average molecular weight is 383 g/mol. The van der Waals surface area contributed by atoms with Crippen molar-refractivity contribution in [2.24, 2.45) is 0 Å². The van der Waals surface area contributed by atoms with Gasteiger partial charge in [0.15, 0.2) is 0 Å². The molecule has 2 rings (SSSR count). The molecule has 0 bridgehead atoms. The van der Waals surface area contributed by atoms with Crippen LogP contribution in [0.5, 0.6) is 5.75 Å². The molecule has 0 amide bonds. The second-order valence-corrected chi connectivity index (χ2v) is 2.35. The van der Waals surface area contributed by atoms with Gasteiger partial charge in [0.05, 0.1) is 0 Å². The zero-order valence-electron chi connectivity index (χ0n) is 6.36. The molecule has 58 valence electrons. The molecular weight excluding hydrogens is 376 g/mol. The second-order valence-electron chi connectivity index (χ2n) is 2.35. The quantitative estimate of drug-likeness (QED) is 0.755. The van der Waals surface area contributed by atoms with Gasteiger partial charge in [-0.1, -0.05) is 18.2 Å². The minimum atomic E-state index is 0. The van der Waals surface area contributed by atoms with E-state index < -0.39 is 0 Å². The van der Waals surface area contributed by atoms with Crippen LogP contribution in [0.3, 0.4) is 0 Å². The normalized spacial score (nSPS) is 9.33. The molecule has 0 aliphatic rings. The Balaban J connectivity index is 0.000000720. The molecule has 0 aliphatic heterocycles. The molecular formula is C9H7NOU. The minimum Gasteiger partial charge on any atom is -0.506 e. The van der Waals surface area contributed by atoms with Crippen molar-refractivity contribution in [3.05, 3.63) is 36.5 Å². The Morgan fingerprint density at radius 1 is 1.08 bits per heavy atom. The SMILES string of the molecule is Oc1cccc2cccnc12.[U]. The van der Waals surface area contributed by atoms with Crippen LogP contribution in [0.15, 0.2) is 36.5 Å². The maximum Gasteiger partial charge on any atom is 0.141 e. The van der Waals surface area contributed by atoms with Crippen molar-refractivity contribution in [3.63, 3.8) is 0 Å². The summed E-state index contributed by atoms with van der Waals surface area (Å²) < 4.78 is 0. The molecule has 2 aromatic rings. The van der Waals surface area contributed by atoms with Gasteiger partial charge >= 0.3 is 0 Å². The van der Waals surface area contributed by atoms with E-state index in [1.165, 1.54) is 0 Å². The van der Waals surface area contributed by atoms with Crippen molar-refractivity contribution in [2.75, 3.05) is 0 Å². The van der Waals surface area contributed by atoms with Gasteiger partial charge in [0.1, 0.15) is 11.3 Å². The van der Waals surface area contributed by atoms with Gasteiger partial charge in [-0.05, 0) is 12.1 Å². The Labute approximate surface area is 94.0 Å². The first-order valence-electron chi connectivity index (χ1n) is 3.40. The molecule has 1 N–H and O–H groups in total. The van der Waals surface area contributed by atoms with Gasteiger partial charge in [-0.3, -0.25) is 4.98 Å². The van der Waals surface area contributed by atoms with Crippen LogP contribution in [0.1, 0.15) is 0 Å². The predicted octanol–water partition coefficient (Wildman–Crippen LogP) is 1.94. The molecule has 0 spiro atoms. The Morgan fingerprint density at radius 3 is 2.58 bits per heavy atom. The summed E-state index contributed by atoms with van der Waals surface area (Å²) in [6.07, 6.45) is 1.67. The van der Waals surface area contributed by atoms with Gasteiger partial charge in [0.2, 0.25) is 0 Å². The van der Waals surface area contributed by atoms with Crippen LogP contribution in [0, 0.1) is 31.1 Å². The number of aromatic nitrogens is 1. The van der Waals surface area contributed by atoms with Crippen molar-refractivity contribution in [2.45, 2.75) is 0 Å². The smallest absolute Gasteiger partial charge is 0.141 e. The van der Waals surface area contributed by atoms with E-state index in [9.17, 15) is 5.11 Å². The zero-order chi connectivity index (χ0) is 7.68. The van der Waals surface area contributed by atoms with Crippen LogP contribution in [-0.2, 0) is 0 Å². The molecule has 1 aromatic carbocycles. The fourth-order valence-electron chi connectivity index (χ4n) is 1.09. The number of phenolic OH excluding ortho intramolecular Hbond substituents is 1. The summed E-state index contributed by atoms with van der Waals surface area (Å²) in [4.78, 5) is 4.03. The minimum absolute atomic E-state index is 0. The number of pyridine rings is 1. The molecule has 0 radical (unpaired) electrons. The third-order valence-corrected chi connectivity index (χ3v) is 1.61. The number of para-hydroxylation sites is 1. The number of hydrogen-bond acceptors (Lipinski definition) is 2. The standard InChI is InChI=1S/C9H7NO.U/c11-8-5-1-3-7-4-2-6-10-9(7)8;/h1-6,11H;. The fourth-order valence-corrected chi connectivity index (χ4v) is 1.09. The maximum atomic E-state index is 9.31. The molecule has 0 fully saturated rings. The van der Waals surface area contributed by atoms with Gasteiger partial charge in [0, 0.05) is 42.7 Å². The van der Waals surface area contributed by atoms with E-state index in [1.807, 2.05) is 18.2 Å². The van der Waals surface area contributed by atoms with Gasteiger partial charge in [-0.2, -0.15) is 0 Å². The van der Waals surface area contributed by atoms with Crippen LogP contribution in [0.2, 0.25) is 0 Å². The van der Waals surface area contributed by atoms with Gasteiger partial charge in [-0.15, -0.1) is 0 Å². The van der Waals surface area contributed by atoms with E-state index in [2.05, 4.69) is 4.98 Å². The number of hydrogen-bond donors (Lipinski definition) is 1. The number of phenols is 1. The third-order valence-electron chi connectivity index (χ3n) is 1.61. The summed E-state index contributed by atoms with van der Waals surface area (Å²) in [5, 5.41) is 10.3. The van der Waals surface area contributed by atoms with Crippen LogP contribution < -0.4 is 0 Å². The molecule has 0 saturated carbocycles. The number of benzene rings is 1. The summed E-state index contributed by atoms with van der Waals surface area (Å²) in [7, 11) is 0. The molecule has 12 heavy (non-hydrogen) atoms. The average Bonchev–Trinajstić information content (AvgIpc) is 2.06. The number of rotatable bonds is 0. The van der Waals surface area contributed by atoms with E-state index in [4.69, 9.17) is 0 Å². The third kappa shape index (κ3) is 1.63. The molecule has 0 saturated heterocycles. The van der Waals surface area contributed by atoms with Crippen LogP contribution in [0.25, 0.3) is 10.9 Å². The molecule has 0 unspecified atom stereocenters. The molecule has 1 aromatic heterocycles. The molecule has 0 aliphatic carbocycles. The predicted molar refractivity (Wildman–Crippen MR) is 43.4 cm³/mol. The Hall–Kier alpha value is -0.518. The van der Waals surface area contributed by atoms with Gasteiger partial charge in [0.25, 0.3) is 0 Å². The van der Waals surface area contributed by atoms with Crippen LogP contribution in [0.4, 0.5) is 0 Å². The monoisotopic (exact) mass is 383 g/mol. The van der Waals surface area contributed by atoms with Crippen molar-refractivity contribution in [1.29, 1.82) is 0 Å². The summed E-state index contributed by atoms with van der Waals surface area (Å²) in [5.74, 6) is 0.239. The largest absolute Gasteiger partial charge is 0.506 e. The first-order valence-corrected chi connectivity index (χ1v) is 3.40. The topological polar surface area (TPSA) is 33.1 Å². The Kier molecular flexibility index (Phi) is 3.14. The Morgan fingerprint density at radius 2 is 1.83 bits per heavy atom. The van der Waals surface area contributed by atoms with Crippen LogP contribution in [-0.4, -0.2) is 10.1 Å². The van der Waals surface area contributed by atoms with Crippen molar-refractivity contribution in [1.82, 2.24) is 4.98 Å². The number of fused-ring (bicyclic) bond motifs is 1. The number of nitrogens with zero attached hydrogens (tertiary/aromatic N) is 1. The van der Waals surface area contributed by atoms with Crippen molar-refractivity contribution < 1.29 is 36.2 Å². The van der Waals surface area contributed by atoms with Crippen molar-refractivity contribution in [3.8, 4) is 5.75 Å². The number of aromatic hydroxyl groups is 1. The summed E-state index contributed by atoms with van der Waals surface area (Å²) in [5.41, 5.74) is 0.662. The first-order chi connectivity index (χ1) is 5.38. The maximum absolute atomic E-state index is 9.31. The Bertz CT molecular complexity index is 384. The summed E-state index contributed by atoms with van der Waals surface area (Å²) in [6.45, 7) is 0. The van der Waals surface area contributed by atoms with E-state index in [0.717, 1.165) is 5.39 Å². The first kappa shape index (κ1) is 9.57. The second kappa shape index (κ2) is 3.93. The molecule has 1 heterocycles. The zero-order valence-corrected chi connectivity index (χ0v) is 10.5.